The van der Waals surface area contributed by atoms with Crippen LogP contribution in [0.1, 0.15) is 46.6 Å². The van der Waals surface area contributed by atoms with Gasteiger partial charge in [-0.05, 0) is 70.4 Å². The minimum absolute atomic E-state index is 0. The smallest absolute Gasteiger partial charge is 0.201 e. The van der Waals surface area contributed by atoms with E-state index in [4.69, 9.17) is 0 Å². The Morgan fingerprint density at radius 1 is 0.892 bits per heavy atom. The van der Waals surface area contributed by atoms with E-state index in [2.05, 4.69) is 73.9 Å². The average Bonchev–Trinajstić information content (AvgIpc) is 3.43. The van der Waals surface area contributed by atoms with Crippen LogP contribution in [0, 0.1) is 0 Å². The molecule has 194 valence electrons. The van der Waals surface area contributed by atoms with E-state index < -0.39 is 0 Å². The van der Waals surface area contributed by atoms with Gasteiger partial charge in [0.25, 0.3) is 0 Å². The molecular weight excluding hydrogens is 515 g/mol. The number of nitrogens with one attached hydrogen (secondary N) is 2. The predicted molar refractivity (Wildman–Crippen MR) is 145 cm³/mol. The zero-order valence-electron chi connectivity index (χ0n) is 20.8. The highest BCUT2D eigenvalue weighted by molar-refractivity contribution is 5.85. The first kappa shape index (κ1) is 26.6. The maximum Gasteiger partial charge on any atom is 0.201 e. The second-order valence-electron chi connectivity index (χ2n) is 10.5. The number of piperidine rings is 1. The number of fused-ring (bicyclic) bond motifs is 2. The van der Waals surface area contributed by atoms with Gasteiger partial charge in [-0.15, -0.1) is 45.2 Å². The standard InChI is InChI=1S/C24H26N10O.2ClH/c1-23(2)10-15(11-24(3,4)31-23)34-22-19(28-33-34)9-17(26-30-22)16-6-5-13(8-20(16)35)14-7-18-21(25-12-14)29-32-27-18;;/h5-9,12,15,31,35H,10-11H2,1-4H3,(H,25,27,29,32);2*1H. The van der Waals surface area contributed by atoms with Crippen LogP contribution in [-0.4, -0.2) is 61.8 Å². The molecule has 13 heteroatoms. The van der Waals surface area contributed by atoms with E-state index in [1.165, 1.54) is 0 Å². The van der Waals surface area contributed by atoms with E-state index in [0.29, 0.717) is 33.6 Å². The molecule has 6 rings (SSSR count). The van der Waals surface area contributed by atoms with Crippen molar-refractivity contribution in [3.05, 3.63) is 36.5 Å². The van der Waals surface area contributed by atoms with Crippen molar-refractivity contribution in [2.75, 3.05) is 0 Å². The number of hydrogen-bond donors (Lipinski definition) is 3. The number of nitrogens with zero attached hydrogens (tertiary/aromatic N) is 8. The topological polar surface area (TPSA) is 143 Å². The highest BCUT2D eigenvalue weighted by atomic mass is 35.5. The molecule has 1 fully saturated rings. The Kier molecular flexibility index (Phi) is 6.82. The lowest BCUT2D eigenvalue weighted by Gasteiger charge is -2.46. The summed E-state index contributed by atoms with van der Waals surface area (Å²) in [6.45, 7) is 8.82. The Morgan fingerprint density at radius 2 is 1.65 bits per heavy atom. The van der Waals surface area contributed by atoms with E-state index in [1.54, 1.807) is 12.3 Å². The normalized spacial score (nSPS) is 16.9. The molecule has 5 aromatic rings. The molecular formula is C24H28Cl2N10O. The van der Waals surface area contributed by atoms with Crippen molar-refractivity contribution in [2.24, 2.45) is 0 Å². The Balaban J connectivity index is 0.00000160. The summed E-state index contributed by atoms with van der Waals surface area (Å²) in [6, 6.07) is 9.25. The van der Waals surface area contributed by atoms with Crippen LogP contribution >= 0.6 is 24.8 Å². The molecule has 0 atom stereocenters. The number of aromatic hydroxyl groups is 1. The fourth-order valence-electron chi connectivity index (χ4n) is 5.40. The fraction of sp³-hybridized carbons (Fsp3) is 0.375. The molecule has 1 aromatic carbocycles. The van der Waals surface area contributed by atoms with Crippen LogP contribution < -0.4 is 5.32 Å². The number of phenols is 1. The summed E-state index contributed by atoms with van der Waals surface area (Å²) in [7, 11) is 0. The third-order valence-electron chi connectivity index (χ3n) is 6.52. The molecule has 5 heterocycles. The highest BCUT2D eigenvalue weighted by Gasteiger charge is 2.39. The number of H-pyrrole nitrogens is 1. The maximum atomic E-state index is 10.8. The molecule has 0 aliphatic carbocycles. The lowest BCUT2D eigenvalue weighted by atomic mass is 9.80. The molecule has 1 saturated heterocycles. The van der Waals surface area contributed by atoms with Crippen LogP contribution in [0.2, 0.25) is 0 Å². The van der Waals surface area contributed by atoms with Crippen LogP contribution in [0.3, 0.4) is 0 Å². The first-order valence-corrected chi connectivity index (χ1v) is 11.6. The molecule has 1 aliphatic heterocycles. The number of halogens is 2. The molecule has 0 radical (unpaired) electrons. The molecule has 0 unspecified atom stereocenters. The van der Waals surface area contributed by atoms with Gasteiger partial charge in [0, 0.05) is 28.4 Å². The van der Waals surface area contributed by atoms with Gasteiger partial charge in [-0.3, -0.25) is 0 Å². The van der Waals surface area contributed by atoms with Crippen molar-refractivity contribution >= 4 is 47.1 Å². The minimum atomic E-state index is -0.0285. The van der Waals surface area contributed by atoms with Crippen molar-refractivity contribution < 1.29 is 5.11 Å². The maximum absolute atomic E-state index is 10.8. The van der Waals surface area contributed by atoms with Crippen molar-refractivity contribution in [3.63, 3.8) is 0 Å². The third kappa shape index (κ3) is 4.94. The van der Waals surface area contributed by atoms with Crippen molar-refractivity contribution in [2.45, 2.75) is 57.7 Å². The molecule has 0 spiro atoms. The van der Waals surface area contributed by atoms with E-state index in [-0.39, 0.29) is 47.7 Å². The van der Waals surface area contributed by atoms with Crippen LogP contribution in [0.4, 0.5) is 0 Å². The van der Waals surface area contributed by atoms with Gasteiger partial charge in [0.05, 0.1) is 11.7 Å². The summed E-state index contributed by atoms with van der Waals surface area (Å²) in [4.78, 5) is 4.29. The predicted octanol–water partition coefficient (Wildman–Crippen LogP) is 4.25. The monoisotopic (exact) mass is 542 g/mol. The van der Waals surface area contributed by atoms with E-state index in [0.717, 1.165) is 24.0 Å². The van der Waals surface area contributed by atoms with Crippen LogP contribution in [-0.2, 0) is 0 Å². The van der Waals surface area contributed by atoms with Crippen LogP contribution in [0.25, 0.3) is 44.7 Å². The number of rotatable bonds is 3. The number of benzene rings is 1. The lowest BCUT2D eigenvalue weighted by Crippen LogP contribution is -2.58. The van der Waals surface area contributed by atoms with Gasteiger partial charge in [-0.2, -0.15) is 10.3 Å². The Morgan fingerprint density at radius 3 is 2.38 bits per heavy atom. The Labute approximate surface area is 225 Å². The first-order chi connectivity index (χ1) is 16.7. The summed E-state index contributed by atoms with van der Waals surface area (Å²) >= 11 is 0. The molecule has 0 bridgehead atoms. The van der Waals surface area contributed by atoms with Gasteiger partial charge in [0.1, 0.15) is 16.8 Å². The number of phenolic OH excluding ortho intramolecular Hbond substituents is 1. The largest absolute Gasteiger partial charge is 0.507 e. The van der Waals surface area contributed by atoms with Gasteiger partial charge in [0.2, 0.25) is 11.3 Å². The zero-order valence-corrected chi connectivity index (χ0v) is 22.4. The number of hydrogen-bond acceptors (Lipinski definition) is 9. The average molecular weight is 543 g/mol. The second kappa shape index (κ2) is 9.47. The van der Waals surface area contributed by atoms with Crippen molar-refractivity contribution in [3.8, 4) is 28.1 Å². The number of aromatic nitrogens is 9. The van der Waals surface area contributed by atoms with Crippen LogP contribution in [0.5, 0.6) is 5.75 Å². The number of aromatic amines is 1. The van der Waals surface area contributed by atoms with E-state index in [9.17, 15) is 5.11 Å². The van der Waals surface area contributed by atoms with Crippen LogP contribution in [0.15, 0.2) is 36.5 Å². The molecule has 3 N–H and O–H groups in total. The summed E-state index contributed by atoms with van der Waals surface area (Å²) in [5.41, 5.74) is 5.17. The Hall–Kier alpha value is -3.41. The van der Waals surface area contributed by atoms with Gasteiger partial charge in [0.15, 0.2) is 0 Å². The summed E-state index contributed by atoms with van der Waals surface area (Å²) in [5, 5.41) is 42.8. The fourth-order valence-corrected chi connectivity index (χ4v) is 5.40. The van der Waals surface area contributed by atoms with Gasteiger partial charge < -0.3 is 10.4 Å². The Bertz CT molecular complexity index is 1560. The lowest BCUT2D eigenvalue weighted by molar-refractivity contribution is 0.127. The van der Waals surface area contributed by atoms with Gasteiger partial charge >= 0.3 is 0 Å². The van der Waals surface area contributed by atoms with Gasteiger partial charge in [-0.25, -0.2) is 9.67 Å². The SMILES string of the molecule is CC1(C)CC(n2nnc3cc(-c4ccc(-c5cnc6n[nH]nc6c5)cc4O)nnc32)CC(C)(C)N1.Cl.Cl. The summed E-state index contributed by atoms with van der Waals surface area (Å²) in [6.07, 6.45) is 3.53. The van der Waals surface area contributed by atoms with Crippen molar-refractivity contribution in [1.82, 2.24) is 50.9 Å². The minimum Gasteiger partial charge on any atom is -0.507 e. The third-order valence-corrected chi connectivity index (χ3v) is 6.52. The zero-order chi connectivity index (χ0) is 24.4. The molecule has 1 aliphatic rings. The number of pyridine rings is 1. The summed E-state index contributed by atoms with van der Waals surface area (Å²) < 4.78 is 1.90. The molecule has 0 saturated carbocycles. The first-order valence-electron chi connectivity index (χ1n) is 11.6. The van der Waals surface area contributed by atoms with Crippen molar-refractivity contribution in [1.29, 1.82) is 0 Å². The molecule has 0 amide bonds. The van der Waals surface area contributed by atoms with E-state index >= 15 is 0 Å². The quantitative estimate of drug-likeness (QED) is 0.304. The van der Waals surface area contributed by atoms with Gasteiger partial charge in [-0.1, -0.05) is 11.3 Å². The molecule has 4 aromatic heterocycles. The summed E-state index contributed by atoms with van der Waals surface area (Å²) in [5.74, 6) is 0.0886. The molecule has 37 heavy (non-hydrogen) atoms. The van der Waals surface area contributed by atoms with E-state index in [1.807, 2.05) is 28.9 Å². The highest BCUT2D eigenvalue weighted by Crippen LogP contribution is 2.37. The second-order valence-corrected chi connectivity index (χ2v) is 10.5. The molecule has 11 nitrogen and oxygen atoms in total.